The maximum atomic E-state index is 12.9. The van der Waals surface area contributed by atoms with Crippen LogP contribution < -0.4 is 5.56 Å². The Morgan fingerprint density at radius 2 is 2.15 bits per heavy atom. The Bertz CT molecular complexity index is 834. The minimum absolute atomic E-state index is 0.102. The first-order valence-electron chi connectivity index (χ1n) is 9.01. The number of aryl methyl sites for hydroxylation is 2. The van der Waals surface area contributed by atoms with Crippen molar-refractivity contribution in [3.63, 3.8) is 0 Å². The molecule has 1 amide bonds. The van der Waals surface area contributed by atoms with Gasteiger partial charge >= 0.3 is 0 Å². The Kier molecular flexibility index (Phi) is 4.36. The number of carbonyl (C=O) groups excluding carboxylic acids is 1. The fraction of sp³-hybridized carbons (Fsp3) is 0.556. The molecular weight excluding hydrogens is 334 g/mol. The zero-order valence-corrected chi connectivity index (χ0v) is 15.1. The topological polar surface area (TPSA) is 95.3 Å². The van der Waals surface area contributed by atoms with Gasteiger partial charge in [0.1, 0.15) is 11.5 Å². The molecule has 5 rings (SSSR count). The van der Waals surface area contributed by atoms with Crippen LogP contribution in [0.4, 0.5) is 0 Å². The molecule has 0 radical (unpaired) electrons. The summed E-state index contributed by atoms with van der Waals surface area (Å²) in [6.45, 7) is 7.24. The fourth-order valence-electron chi connectivity index (χ4n) is 4.11. The Morgan fingerprint density at radius 3 is 2.85 bits per heavy atom. The molecule has 3 aliphatic heterocycles. The highest BCUT2D eigenvalue weighted by atomic mass is 16.5. The summed E-state index contributed by atoms with van der Waals surface area (Å²) in [6.07, 6.45) is 4.70. The van der Waals surface area contributed by atoms with Gasteiger partial charge in [0, 0.05) is 44.0 Å². The summed E-state index contributed by atoms with van der Waals surface area (Å²) < 4.78 is 5.29. The van der Waals surface area contributed by atoms with E-state index in [1.807, 2.05) is 18.7 Å². The van der Waals surface area contributed by atoms with Gasteiger partial charge in [0.05, 0.1) is 11.9 Å². The molecule has 2 aromatic heterocycles. The molecule has 2 atom stereocenters. The lowest BCUT2D eigenvalue weighted by atomic mass is 9.95. The number of rotatable bonds is 3. The molecule has 26 heavy (non-hydrogen) atoms. The molecule has 2 aromatic rings. The standard InChI is InChI=1S/C18H23N5O3/c1-11-15(12(2)26-21-11)10-22-7-13-3-4-14(9-22)23(8-13)18(25)16-5-20-17(24)6-19-16/h5-6,13-14H,3-4,7-10H2,1-2H3,(H,20,24)/t13-,14+/m0/s1. The van der Waals surface area contributed by atoms with Crippen LogP contribution in [-0.2, 0) is 6.54 Å². The van der Waals surface area contributed by atoms with Gasteiger partial charge in [0.15, 0.2) is 0 Å². The van der Waals surface area contributed by atoms with E-state index in [2.05, 4.69) is 20.0 Å². The third kappa shape index (κ3) is 3.16. The number of piperidine rings is 1. The summed E-state index contributed by atoms with van der Waals surface area (Å²) in [6, 6.07) is 0.162. The third-order valence-electron chi connectivity index (χ3n) is 5.50. The van der Waals surface area contributed by atoms with Crippen molar-refractivity contribution in [2.45, 2.75) is 39.3 Å². The van der Waals surface area contributed by atoms with Gasteiger partial charge in [0.2, 0.25) is 0 Å². The number of amides is 1. The molecule has 1 N–H and O–H groups in total. The van der Waals surface area contributed by atoms with Crippen molar-refractivity contribution in [3.05, 3.63) is 45.5 Å². The first kappa shape index (κ1) is 17.0. The van der Waals surface area contributed by atoms with Crippen LogP contribution in [0.25, 0.3) is 0 Å². The van der Waals surface area contributed by atoms with Crippen LogP contribution in [0, 0.1) is 19.8 Å². The molecule has 2 bridgehead atoms. The predicted octanol–water partition coefficient (Wildman–Crippen LogP) is 1.11. The lowest BCUT2D eigenvalue weighted by molar-refractivity contribution is 0.0578. The molecule has 3 saturated heterocycles. The number of hydrogen-bond donors (Lipinski definition) is 1. The Hall–Kier alpha value is -2.48. The predicted molar refractivity (Wildman–Crippen MR) is 93.7 cm³/mol. The van der Waals surface area contributed by atoms with Crippen molar-refractivity contribution in [1.82, 2.24) is 24.9 Å². The normalized spacial score (nSPS) is 23.2. The summed E-state index contributed by atoms with van der Waals surface area (Å²) in [5.41, 5.74) is 2.08. The molecule has 3 aliphatic rings. The zero-order chi connectivity index (χ0) is 18.3. The van der Waals surface area contributed by atoms with Crippen molar-refractivity contribution in [2.24, 2.45) is 5.92 Å². The summed E-state index contributed by atoms with van der Waals surface area (Å²) in [7, 11) is 0. The molecular formula is C18H23N5O3. The van der Waals surface area contributed by atoms with Crippen LogP contribution in [-0.4, -0.2) is 56.5 Å². The van der Waals surface area contributed by atoms with E-state index in [1.165, 1.54) is 6.20 Å². The quantitative estimate of drug-likeness (QED) is 0.884. The first-order chi connectivity index (χ1) is 12.5. The molecule has 8 nitrogen and oxygen atoms in total. The maximum absolute atomic E-state index is 12.9. The van der Waals surface area contributed by atoms with Crippen LogP contribution in [0.2, 0.25) is 0 Å². The van der Waals surface area contributed by atoms with Gasteiger partial charge in [0.25, 0.3) is 11.5 Å². The van der Waals surface area contributed by atoms with Crippen molar-refractivity contribution in [2.75, 3.05) is 19.6 Å². The minimum atomic E-state index is -0.301. The average molecular weight is 357 g/mol. The Balaban J connectivity index is 1.52. The molecule has 3 fully saturated rings. The number of aromatic amines is 1. The highest BCUT2D eigenvalue weighted by molar-refractivity contribution is 5.92. The monoisotopic (exact) mass is 357 g/mol. The van der Waals surface area contributed by atoms with E-state index >= 15 is 0 Å². The van der Waals surface area contributed by atoms with Crippen LogP contribution in [0.5, 0.6) is 0 Å². The van der Waals surface area contributed by atoms with Gasteiger partial charge in [-0.15, -0.1) is 0 Å². The molecule has 0 aromatic carbocycles. The Labute approximate surface area is 151 Å². The second kappa shape index (κ2) is 6.68. The van der Waals surface area contributed by atoms with E-state index in [-0.39, 0.29) is 17.5 Å². The van der Waals surface area contributed by atoms with E-state index in [0.29, 0.717) is 11.6 Å². The van der Waals surface area contributed by atoms with E-state index < -0.39 is 0 Å². The van der Waals surface area contributed by atoms with Crippen LogP contribution >= 0.6 is 0 Å². The number of fused-ring (bicyclic) bond motifs is 4. The highest BCUT2D eigenvalue weighted by Gasteiger charge is 2.38. The van der Waals surface area contributed by atoms with Crippen molar-refractivity contribution >= 4 is 5.91 Å². The SMILES string of the molecule is Cc1noc(C)c1CN1C[C@@H]2CC[C@H](C1)N(C(=O)c1c[nH]c(=O)cn1)C2. The van der Waals surface area contributed by atoms with Crippen LogP contribution in [0.15, 0.2) is 21.7 Å². The number of nitrogens with one attached hydrogen (secondary N) is 1. The van der Waals surface area contributed by atoms with E-state index in [1.54, 1.807) is 0 Å². The fourth-order valence-corrected chi connectivity index (χ4v) is 4.11. The molecule has 0 spiro atoms. The lowest BCUT2D eigenvalue weighted by Crippen LogP contribution is -2.47. The van der Waals surface area contributed by atoms with Crippen LogP contribution in [0.3, 0.4) is 0 Å². The van der Waals surface area contributed by atoms with Gasteiger partial charge in [-0.3, -0.25) is 14.5 Å². The van der Waals surface area contributed by atoms with Gasteiger partial charge in [-0.1, -0.05) is 5.16 Å². The van der Waals surface area contributed by atoms with Crippen molar-refractivity contribution in [1.29, 1.82) is 0 Å². The summed E-state index contributed by atoms with van der Waals surface area (Å²) >= 11 is 0. The smallest absolute Gasteiger partial charge is 0.274 e. The minimum Gasteiger partial charge on any atom is -0.361 e. The summed E-state index contributed by atoms with van der Waals surface area (Å²) in [4.78, 5) is 34.9. The van der Waals surface area contributed by atoms with Crippen molar-refractivity contribution in [3.8, 4) is 0 Å². The molecule has 138 valence electrons. The lowest BCUT2D eigenvalue weighted by Gasteiger charge is -2.36. The van der Waals surface area contributed by atoms with E-state index in [0.717, 1.165) is 62.2 Å². The average Bonchev–Trinajstić information content (AvgIpc) is 2.82. The summed E-state index contributed by atoms with van der Waals surface area (Å²) in [5, 5.41) is 4.05. The Morgan fingerprint density at radius 1 is 1.31 bits per heavy atom. The summed E-state index contributed by atoms with van der Waals surface area (Å²) in [5.74, 6) is 1.21. The van der Waals surface area contributed by atoms with Gasteiger partial charge < -0.3 is 14.4 Å². The highest BCUT2D eigenvalue weighted by Crippen LogP contribution is 2.30. The van der Waals surface area contributed by atoms with Gasteiger partial charge in [-0.05, 0) is 32.6 Å². The third-order valence-corrected chi connectivity index (χ3v) is 5.50. The second-order valence-electron chi connectivity index (χ2n) is 7.35. The molecule has 5 heterocycles. The number of hydrogen-bond acceptors (Lipinski definition) is 6. The second-order valence-corrected chi connectivity index (χ2v) is 7.35. The molecule has 8 heteroatoms. The van der Waals surface area contributed by atoms with Gasteiger partial charge in [-0.25, -0.2) is 4.98 Å². The van der Waals surface area contributed by atoms with E-state index in [4.69, 9.17) is 4.52 Å². The van der Waals surface area contributed by atoms with Gasteiger partial charge in [-0.2, -0.15) is 0 Å². The largest absolute Gasteiger partial charge is 0.361 e. The molecule has 0 aliphatic carbocycles. The number of H-pyrrole nitrogens is 1. The van der Waals surface area contributed by atoms with E-state index in [9.17, 15) is 9.59 Å². The number of aromatic nitrogens is 3. The maximum Gasteiger partial charge on any atom is 0.274 e. The zero-order valence-electron chi connectivity index (χ0n) is 15.1. The van der Waals surface area contributed by atoms with Crippen molar-refractivity contribution < 1.29 is 9.32 Å². The number of nitrogens with zero attached hydrogens (tertiary/aromatic N) is 4. The van der Waals surface area contributed by atoms with Crippen LogP contribution in [0.1, 0.15) is 40.3 Å². The molecule has 0 unspecified atom stereocenters. The first-order valence-corrected chi connectivity index (χ1v) is 9.01. The molecule has 0 saturated carbocycles. The number of carbonyl (C=O) groups is 1.